The van der Waals surface area contributed by atoms with E-state index in [-0.39, 0.29) is 0 Å². The lowest BCUT2D eigenvalue weighted by molar-refractivity contribution is 0.146. The summed E-state index contributed by atoms with van der Waals surface area (Å²) in [5.74, 6) is 1.66. The standard InChI is InChI=1S/C16H18O3/c1-17-11-12-18-15-7-9-16(10-8-15)19-13-14-5-3-2-4-6-14/h2-10H,11-13H2,1H3. The molecule has 2 aromatic carbocycles. The Labute approximate surface area is 113 Å². The maximum Gasteiger partial charge on any atom is 0.120 e. The van der Waals surface area contributed by atoms with Crippen molar-refractivity contribution < 1.29 is 14.2 Å². The van der Waals surface area contributed by atoms with E-state index in [0.717, 1.165) is 17.1 Å². The second-order valence-electron chi connectivity index (χ2n) is 4.09. The lowest BCUT2D eigenvalue weighted by atomic mass is 10.2. The average Bonchev–Trinajstić information content (AvgIpc) is 2.48. The van der Waals surface area contributed by atoms with Crippen LogP contribution >= 0.6 is 0 Å². The first-order valence-corrected chi connectivity index (χ1v) is 6.27. The minimum absolute atomic E-state index is 0.556. The van der Waals surface area contributed by atoms with Crippen LogP contribution in [0.1, 0.15) is 5.56 Å². The SMILES string of the molecule is COCCOc1ccc(OCc2ccccc2)cc1. The summed E-state index contributed by atoms with van der Waals surface area (Å²) < 4.78 is 16.1. The summed E-state index contributed by atoms with van der Waals surface area (Å²) in [5.41, 5.74) is 1.16. The van der Waals surface area contributed by atoms with Crippen LogP contribution < -0.4 is 9.47 Å². The van der Waals surface area contributed by atoms with Crippen LogP contribution in [0.25, 0.3) is 0 Å². The van der Waals surface area contributed by atoms with Gasteiger partial charge < -0.3 is 14.2 Å². The van der Waals surface area contributed by atoms with Crippen LogP contribution in [0.4, 0.5) is 0 Å². The molecule has 0 aliphatic heterocycles. The Morgan fingerprint density at radius 1 is 0.737 bits per heavy atom. The minimum atomic E-state index is 0.556. The fourth-order valence-corrected chi connectivity index (χ4v) is 1.62. The zero-order chi connectivity index (χ0) is 13.3. The van der Waals surface area contributed by atoms with Crippen LogP contribution in [0.5, 0.6) is 11.5 Å². The molecule has 0 aromatic heterocycles. The van der Waals surface area contributed by atoms with Crippen LogP contribution in [0, 0.1) is 0 Å². The maximum atomic E-state index is 5.69. The molecule has 0 N–H and O–H groups in total. The molecule has 2 rings (SSSR count). The van der Waals surface area contributed by atoms with Crippen LogP contribution in [0.2, 0.25) is 0 Å². The quantitative estimate of drug-likeness (QED) is 0.713. The summed E-state index contributed by atoms with van der Waals surface area (Å²) in [6.07, 6.45) is 0. The fraction of sp³-hybridized carbons (Fsp3) is 0.250. The Morgan fingerprint density at radius 2 is 1.37 bits per heavy atom. The van der Waals surface area contributed by atoms with Crippen molar-refractivity contribution in [2.24, 2.45) is 0 Å². The molecular formula is C16H18O3. The van der Waals surface area contributed by atoms with Gasteiger partial charge in [0, 0.05) is 7.11 Å². The predicted octanol–water partition coefficient (Wildman–Crippen LogP) is 3.29. The van der Waals surface area contributed by atoms with Crippen molar-refractivity contribution in [2.45, 2.75) is 6.61 Å². The fourth-order valence-electron chi connectivity index (χ4n) is 1.62. The normalized spacial score (nSPS) is 10.2. The Balaban J connectivity index is 1.81. The Bertz CT molecular complexity index is 465. The third-order valence-corrected chi connectivity index (χ3v) is 2.63. The predicted molar refractivity (Wildman–Crippen MR) is 74.6 cm³/mol. The van der Waals surface area contributed by atoms with Gasteiger partial charge in [-0.2, -0.15) is 0 Å². The van der Waals surface area contributed by atoms with Crippen molar-refractivity contribution in [3.05, 3.63) is 60.2 Å². The van der Waals surface area contributed by atoms with Gasteiger partial charge in [-0.3, -0.25) is 0 Å². The van der Waals surface area contributed by atoms with E-state index >= 15 is 0 Å². The maximum absolute atomic E-state index is 5.69. The summed E-state index contributed by atoms with van der Waals surface area (Å²) >= 11 is 0. The molecule has 0 heterocycles. The molecule has 19 heavy (non-hydrogen) atoms. The molecule has 0 spiro atoms. The number of benzene rings is 2. The summed E-state index contributed by atoms with van der Waals surface area (Å²) in [6, 6.07) is 17.7. The van der Waals surface area contributed by atoms with E-state index in [1.165, 1.54) is 0 Å². The molecule has 0 aliphatic rings. The third kappa shape index (κ3) is 4.64. The summed E-state index contributed by atoms with van der Waals surface area (Å²) in [7, 11) is 1.66. The monoisotopic (exact) mass is 258 g/mol. The largest absolute Gasteiger partial charge is 0.491 e. The van der Waals surface area contributed by atoms with E-state index in [0.29, 0.717) is 19.8 Å². The van der Waals surface area contributed by atoms with Gasteiger partial charge in [-0.25, -0.2) is 0 Å². The molecule has 0 radical (unpaired) electrons. The smallest absolute Gasteiger partial charge is 0.120 e. The number of methoxy groups -OCH3 is 1. The van der Waals surface area contributed by atoms with E-state index in [1.54, 1.807) is 7.11 Å². The van der Waals surface area contributed by atoms with Gasteiger partial charge in [-0.15, -0.1) is 0 Å². The first-order valence-electron chi connectivity index (χ1n) is 6.27. The van der Waals surface area contributed by atoms with Gasteiger partial charge in [-0.1, -0.05) is 30.3 Å². The highest BCUT2D eigenvalue weighted by molar-refractivity contribution is 5.31. The van der Waals surface area contributed by atoms with Gasteiger partial charge in [0.1, 0.15) is 24.7 Å². The topological polar surface area (TPSA) is 27.7 Å². The molecule has 0 bridgehead atoms. The first kappa shape index (κ1) is 13.4. The van der Waals surface area contributed by atoms with E-state index < -0.39 is 0 Å². The molecule has 0 unspecified atom stereocenters. The van der Waals surface area contributed by atoms with E-state index in [9.17, 15) is 0 Å². The van der Waals surface area contributed by atoms with Gasteiger partial charge >= 0.3 is 0 Å². The van der Waals surface area contributed by atoms with Gasteiger partial charge in [-0.05, 0) is 29.8 Å². The summed E-state index contributed by atoms with van der Waals surface area (Å²) in [6.45, 7) is 1.72. The van der Waals surface area contributed by atoms with Crippen molar-refractivity contribution >= 4 is 0 Å². The zero-order valence-electron chi connectivity index (χ0n) is 11.0. The van der Waals surface area contributed by atoms with E-state index in [4.69, 9.17) is 14.2 Å². The molecule has 2 aromatic rings. The molecule has 3 heteroatoms. The zero-order valence-corrected chi connectivity index (χ0v) is 11.0. The van der Waals surface area contributed by atoms with Gasteiger partial charge in [0.05, 0.1) is 6.61 Å². The molecule has 3 nitrogen and oxygen atoms in total. The van der Waals surface area contributed by atoms with Crippen LogP contribution in [0.3, 0.4) is 0 Å². The molecule has 0 amide bonds. The number of hydrogen-bond acceptors (Lipinski definition) is 3. The number of ether oxygens (including phenoxy) is 3. The van der Waals surface area contributed by atoms with Crippen LogP contribution in [-0.2, 0) is 11.3 Å². The van der Waals surface area contributed by atoms with Crippen molar-refractivity contribution in [3.8, 4) is 11.5 Å². The highest BCUT2D eigenvalue weighted by Gasteiger charge is 1.97. The Hall–Kier alpha value is -2.00. The second kappa shape index (κ2) is 7.44. The highest BCUT2D eigenvalue weighted by Crippen LogP contribution is 2.18. The van der Waals surface area contributed by atoms with Crippen molar-refractivity contribution in [2.75, 3.05) is 20.3 Å². The first-order chi connectivity index (χ1) is 9.38. The molecule has 0 saturated carbocycles. The number of hydrogen-bond donors (Lipinski definition) is 0. The highest BCUT2D eigenvalue weighted by atomic mass is 16.5. The van der Waals surface area contributed by atoms with Crippen LogP contribution in [0.15, 0.2) is 54.6 Å². The minimum Gasteiger partial charge on any atom is -0.491 e. The molecule has 0 aliphatic carbocycles. The number of rotatable bonds is 7. The van der Waals surface area contributed by atoms with E-state index in [1.807, 2.05) is 54.6 Å². The Morgan fingerprint density at radius 3 is 2.00 bits per heavy atom. The van der Waals surface area contributed by atoms with Gasteiger partial charge in [0.25, 0.3) is 0 Å². The molecule has 0 saturated heterocycles. The third-order valence-electron chi connectivity index (χ3n) is 2.63. The van der Waals surface area contributed by atoms with Gasteiger partial charge in [0.15, 0.2) is 0 Å². The van der Waals surface area contributed by atoms with Crippen molar-refractivity contribution in [1.29, 1.82) is 0 Å². The lowest BCUT2D eigenvalue weighted by Gasteiger charge is -2.08. The van der Waals surface area contributed by atoms with Crippen molar-refractivity contribution in [3.63, 3.8) is 0 Å². The van der Waals surface area contributed by atoms with E-state index in [2.05, 4.69) is 0 Å². The Kier molecular flexibility index (Phi) is 5.26. The molecule has 0 fully saturated rings. The summed E-state index contributed by atoms with van der Waals surface area (Å²) in [5, 5.41) is 0. The lowest BCUT2D eigenvalue weighted by Crippen LogP contribution is -2.04. The summed E-state index contributed by atoms with van der Waals surface area (Å²) in [4.78, 5) is 0. The average molecular weight is 258 g/mol. The molecular weight excluding hydrogens is 240 g/mol. The molecule has 100 valence electrons. The molecule has 0 atom stereocenters. The van der Waals surface area contributed by atoms with Crippen LogP contribution in [-0.4, -0.2) is 20.3 Å². The van der Waals surface area contributed by atoms with Crippen molar-refractivity contribution in [1.82, 2.24) is 0 Å². The second-order valence-corrected chi connectivity index (χ2v) is 4.09. The van der Waals surface area contributed by atoms with Gasteiger partial charge in [0.2, 0.25) is 0 Å².